The number of carbonyl (C=O) groups is 2. The number of aromatic nitrogens is 3. The van der Waals surface area contributed by atoms with E-state index in [4.69, 9.17) is 9.26 Å². The van der Waals surface area contributed by atoms with Gasteiger partial charge in [0.25, 0.3) is 10.0 Å². The highest BCUT2D eigenvalue weighted by Gasteiger charge is 2.32. The van der Waals surface area contributed by atoms with Crippen molar-refractivity contribution in [3.8, 4) is 5.75 Å². The summed E-state index contributed by atoms with van der Waals surface area (Å²) < 4.78 is 41.3. The average Bonchev–Trinajstić information content (AvgIpc) is 3.53. The Morgan fingerprint density at radius 1 is 1.31 bits per heavy atom. The second-order valence-electron chi connectivity index (χ2n) is 10.7. The summed E-state index contributed by atoms with van der Waals surface area (Å²) in [5.74, 6) is 0.379. The number of aryl methyl sites for hydroxylation is 3. The number of ether oxygens (including phenoxy) is 1. The number of sulfonamides is 1. The smallest absolute Gasteiger partial charge is 0.321 e. The molecule has 0 unspecified atom stereocenters. The van der Waals surface area contributed by atoms with Gasteiger partial charge in [0.1, 0.15) is 23.2 Å². The Kier molecular flexibility index (Phi) is 9.11. The largest absolute Gasteiger partial charge is 0.488 e. The van der Waals surface area contributed by atoms with Crippen LogP contribution in [0.4, 0.5) is 16.2 Å². The van der Waals surface area contributed by atoms with E-state index in [1.54, 1.807) is 58.0 Å². The van der Waals surface area contributed by atoms with Crippen molar-refractivity contribution in [2.45, 2.75) is 51.3 Å². The van der Waals surface area contributed by atoms with Gasteiger partial charge in [-0.25, -0.2) is 9.78 Å². The maximum absolute atomic E-state index is 13.4. The molecule has 2 aromatic heterocycles. The van der Waals surface area contributed by atoms with Crippen molar-refractivity contribution in [1.29, 1.82) is 0 Å². The highest BCUT2D eigenvalue weighted by molar-refractivity contribution is 7.92. The molecule has 1 aliphatic heterocycles. The quantitative estimate of drug-likeness (QED) is 0.349. The van der Waals surface area contributed by atoms with Gasteiger partial charge in [0.15, 0.2) is 10.8 Å². The molecule has 228 valence electrons. The molecule has 0 saturated carbocycles. The summed E-state index contributed by atoms with van der Waals surface area (Å²) in [5, 5.41) is 16.4. The molecule has 3 aromatic rings. The van der Waals surface area contributed by atoms with Gasteiger partial charge in [0.05, 0.1) is 31.9 Å². The number of fused-ring (bicyclic) bond motifs is 1. The van der Waals surface area contributed by atoms with Crippen LogP contribution in [0.25, 0.3) is 0 Å². The zero-order chi connectivity index (χ0) is 30.8. The van der Waals surface area contributed by atoms with Crippen molar-refractivity contribution in [3.05, 3.63) is 47.7 Å². The number of nitrogens with one attached hydrogen (secondary N) is 2. The zero-order valence-electron chi connectivity index (χ0n) is 24.5. The molecule has 1 aliphatic rings. The lowest BCUT2D eigenvalue weighted by molar-refractivity contribution is -0.134. The lowest BCUT2D eigenvalue weighted by atomic mass is 10.0. The van der Waals surface area contributed by atoms with Crippen LogP contribution in [0.5, 0.6) is 5.75 Å². The molecule has 0 spiro atoms. The third-order valence-electron chi connectivity index (χ3n) is 7.19. The fourth-order valence-corrected chi connectivity index (χ4v) is 5.70. The number of urea groups is 1. The van der Waals surface area contributed by atoms with Crippen molar-refractivity contribution in [2.75, 3.05) is 36.8 Å². The Morgan fingerprint density at radius 2 is 2.05 bits per heavy atom. The molecule has 42 heavy (non-hydrogen) atoms. The van der Waals surface area contributed by atoms with Crippen LogP contribution in [0.1, 0.15) is 30.9 Å². The van der Waals surface area contributed by atoms with E-state index >= 15 is 0 Å². The van der Waals surface area contributed by atoms with Gasteiger partial charge in [-0.05, 0) is 39.0 Å². The molecule has 3 atom stereocenters. The van der Waals surface area contributed by atoms with E-state index in [0.717, 1.165) is 0 Å². The molecule has 0 bridgehead atoms. The van der Waals surface area contributed by atoms with Crippen LogP contribution in [0.2, 0.25) is 0 Å². The predicted octanol–water partition coefficient (Wildman–Crippen LogP) is 2.14. The summed E-state index contributed by atoms with van der Waals surface area (Å²) in [7, 11) is -0.675. The van der Waals surface area contributed by atoms with Crippen molar-refractivity contribution >= 4 is 33.3 Å². The number of nitrogens with zero attached hydrogens (tertiary/aromatic N) is 5. The van der Waals surface area contributed by atoms with E-state index in [2.05, 4.69) is 20.2 Å². The number of likely N-dealkylation sites (N-methyl/N-ethyl adjacent to an activating group) is 1. The monoisotopic (exact) mass is 603 g/mol. The minimum Gasteiger partial charge on any atom is -0.488 e. The van der Waals surface area contributed by atoms with Crippen LogP contribution < -0.4 is 14.8 Å². The molecule has 15 heteroatoms. The third kappa shape index (κ3) is 6.85. The Labute approximate surface area is 244 Å². The molecule has 14 nitrogen and oxygen atoms in total. The van der Waals surface area contributed by atoms with Crippen molar-refractivity contribution < 1.29 is 32.4 Å². The Hall–Kier alpha value is -4.11. The number of rotatable bonds is 8. The molecule has 0 fully saturated rings. The van der Waals surface area contributed by atoms with Gasteiger partial charge in [-0.15, -0.1) is 0 Å². The molecule has 3 N–H and O–H groups in total. The number of imidazole rings is 1. The van der Waals surface area contributed by atoms with Gasteiger partial charge in [0, 0.05) is 44.0 Å². The molecule has 0 saturated heterocycles. The van der Waals surface area contributed by atoms with E-state index in [-0.39, 0.29) is 48.7 Å². The molecule has 0 aliphatic carbocycles. The first-order valence-corrected chi connectivity index (χ1v) is 14.9. The number of aliphatic hydroxyl groups excluding tert-OH is 1. The summed E-state index contributed by atoms with van der Waals surface area (Å²) in [5.41, 5.74) is 1.74. The number of amides is 3. The molecular weight excluding hydrogens is 566 g/mol. The molecule has 3 heterocycles. The van der Waals surface area contributed by atoms with Crippen LogP contribution in [0.15, 0.2) is 40.3 Å². The summed E-state index contributed by atoms with van der Waals surface area (Å²) in [6, 6.07) is 3.85. The van der Waals surface area contributed by atoms with Gasteiger partial charge in [-0.2, -0.15) is 8.42 Å². The van der Waals surface area contributed by atoms with Crippen molar-refractivity contribution in [3.63, 3.8) is 0 Å². The maximum Gasteiger partial charge on any atom is 0.321 e. The normalized spacial score (nSPS) is 18.3. The standard InChI is InChI=1S/C27H37N7O7S/c1-16-11-34(17(2)14-35)25(36)10-20-9-21(31-42(38,39)24-13-32(5)15-28-24)7-8-22(20)40-23(16)12-33(6)27(37)29-26-18(3)30-41-19(26)4/h7-9,13,15-17,23,31,35H,10-12,14H2,1-6H3,(H,29,37)/t16-,17+,23-/m1/s1. The second kappa shape index (κ2) is 12.4. The number of aliphatic hydroxyl groups is 1. The summed E-state index contributed by atoms with van der Waals surface area (Å²) in [6.45, 7) is 7.30. The molecule has 4 rings (SSSR count). The maximum atomic E-state index is 13.4. The Balaban J connectivity index is 1.62. The number of hydrogen-bond donors (Lipinski definition) is 3. The lowest BCUT2D eigenvalue weighted by Gasteiger charge is -2.34. The summed E-state index contributed by atoms with van der Waals surface area (Å²) >= 11 is 0. The van der Waals surface area contributed by atoms with Crippen LogP contribution in [0.3, 0.4) is 0 Å². The second-order valence-corrected chi connectivity index (χ2v) is 12.3. The first-order valence-electron chi connectivity index (χ1n) is 13.4. The van der Waals surface area contributed by atoms with Crippen LogP contribution >= 0.6 is 0 Å². The van der Waals surface area contributed by atoms with Crippen molar-refractivity contribution in [2.24, 2.45) is 13.0 Å². The molecule has 3 amide bonds. The first kappa shape index (κ1) is 30.8. The first-order chi connectivity index (χ1) is 19.8. The van der Waals surface area contributed by atoms with Gasteiger partial charge in [-0.3, -0.25) is 9.52 Å². The zero-order valence-corrected chi connectivity index (χ0v) is 25.3. The van der Waals surface area contributed by atoms with E-state index in [1.807, 2.05) is 6.92 Å². The van der Waals surface area contributed by atoms with E-state index in [0.29, 0.717) is 28.5 Å². The van der Waals surface area contributed by atoms with Crippen molar-refractivity contribution in [1.82, 2.24) is 24.5 Å². The highest BCUT2D eigenvalue weighted by Crippen LogP contribution is 2.30. The van der Waals surface area contributed by atoms with E-state index < -0.39 is 28.2 Å². The topological polar surface area (TPSA) is 172 Å². The van der Waals surface area contributed by atoms with Gasteiger partial charge >= 0.3 is 6.03 Å². The Bertz CT molecular complexity index is 1530. The predicted molar refractivity (Wildman–Crippen MR) is 154 cm³/mol. The van der Waals surface area contributed by atoms with E-state index in [9.17, 15) is 23.1 Å². The van der Waals surface area contributed by atoms with Crippen LogP contribution in [-0.4, -0.2) is 88.9 Å². The van der Waals surface area contributed by atoms with Gasteiger partial charge in [0.2, 0.25) is 5.91 Å². The third-order valence-corrected chi connectivity index (χ3v) is 8.46. The molecule has 0 radical (unpaired) electrons. The number of carbonyl (C=O) groups excluding carboxylic acids is 2. The summed E-state index contributed by atoms with van der Waals surface area (Å²) in [6.07, 6.45) is 2.13. The van der Waals surface area contributed by atoms with E-state index in [1.165, 1.54) is 22.0 Å². The van der Waals surface area contributed by atoms with Crippen LogP contribution in [0, 0.1) is 19.8 Å². The fraction of sp³-hybridized carbons (Fsp3) is 0.481. The minimum absolute atomic E-state index is 0.0827. The summed E-state index contributed by atoms with van der Waals surface area (Å²) in [4.78, 5) is 33.5. The minimum atomic E-state index is -3.97. The Morgan fingerprint density at radius 3 is 2.67 bits per heavy atom. The van der Waals surface area contributed by atoms with Gasteiger partial charge in [-0.1, -0.05) is 12.1 Å². The highest BCUT2D eigenvalue weighted by atomic mass is 32.2. The SMILES string of the molecule is Cc1noc(C)c1NC(=O)N(C)C[C@H]1Oc2ccc(NS(=O)(=O)c3cn(C)cn3)cc2CC(=O)N([C@@H](C)CO)C[C@H]1C. The average molecular weight is 604 g/mol. The molecular formula is C27H37N7O7S. The molecule has 1 aromatic carbocycles. The fourth-order valence-electron chi connectivity index (χ4n) is 4.66. The number of hydrogen-bond acceptors (Lipinski definition) is 9. The lowest BCUT2D eigenvalue weighted by Crippen LogP contribution is -2.48. The number of anilines is 2. The van der Waals surface area contributed by atoms with Gasteiger partial charge < -0.3 is 34.1 Å². The van der Waals surface area contributed by atoms with Crippen LogP contribution in [-0.2, 0) is 28.3 Å². The number of benzene rings is 1.